The molecule has 1 aliphatic carbocycles. The Morgan fingerprint density at radius 1 is 1.42 bits per heavy atom. The predicted octanol–water partition coefficient (Wildman–Crippen LogP) is 3.00. The maximum absolute atomic E-state index is 5.89. The summed E-state index contributed by atoms with van der Waals surface area (Å²) in [5.74, 6) is 1.03. The number of nitrogens with two attached hydrogens (primary N) is 1. The number of aromatic nitrogens is 2. The van der Waals surface area contributed by atoms with Crippen LogP contribution >= 0.6 is 11.6 Å². The van der Waals surface area contributed by atoms with Crippen LogP contribution < -0.4 is 5.73 Å². The Morgan fingerprint density at radius 3 is 2.79 bits per heavy atom. The molecule has 0 unspecified atom stereocenters. The third-order valence-electron chi connectivity index (χ3n) is 3.63. The highest BCUT2D eigenvalue weighted by molar-refractivity contribution is 6.33. The van der Waals surface area contributed by atoms with E-state index in [9.17, 15) is 0 Å². The van der Waals surface area contributed by atoms with E-state index in [0.717, 1.165) is 24.8 Å². The Hall–Kier alpha value is -1.59. The lowest BCUT2D eigenvalue weighted by molar-refractivity contribution is -0.0858. The summed E-state index contributed by atoms with van der Waals surface area (Å²) in [6.45, 7) is 0. The molecule has 0 radical (unpaired) electrons. The largest absolute Gasteiger partial charge is 0.398 e. The number of nitrogens with zero attached hydrogens (tertiary/aromatic N) is 2. The third kappa shape index (κ3) is 1.99. The van der Waals surface area contributed by atoms with E-state index >= 15 is 0 Å². The molecule has 1 fully saturated rings. The SMILES string of the molecule is COC1(c2noc(-c3ccc(Cl)c(N)c3)n2)CCC1. The van der Waals surface area contributed by atoms with Crippen molar-refractivity contribution in [1.29, 1.82) is 0 Å². The van der Waals surface area contributed by atoms with Gasteiger partial charge < -0.3 is 15.0 Å². The summed E-state index contributed by atoms with van der Waals surface area (Å²) in [7, 11) is 1.68. The van der Waals surface area contributed by atoms with Crippen molar-refractivity contribution in [3.63, 3.8) is 0 Å². The van der Waals surface area contributed by atoms with Gasteiger partial charge >= 0.3 is 0 Å². The zero-order valence-corrected chi connectivity index (χ0v) is 11.3. The minimum absolute atomic E-state index is 0.375. The monoisotopic (exact) mass is 279 g/mol. The fourth-order valence-electron chi connectivity index (χ4n) is 2.22. The first kappa shape index (κ1) is 12.4. The van der Waals surface area contributed by atoms with Crippen LogP contribution in [0.25, 0.3) is 11.5 Å². The predicted molar refractivity (Wildman–Crippen MR) is 71.7 cm³/mol. The van der Waals surface area contributed by atoms with E-state index < -0.39 is 0 Å². The highest BCUT2D eigenvalue weighted by Gasteiger charge is 2.43. The quantitative estimate of drug-likeness (QED) is 0.874. The number of halogens is 1. The highest BCUT2D eigenvalue weighted by atomic mass is 35.5. The van der Waals surface area contributed by atoms with Crippen molar-refractivity contribution in [1.82, 2.24) is 10.1 Å². The second-order valence-electron chi connectivity index (χ2n) is 4.71. The zero-order valence-electron chi connectivity index (χ0n) is 10.5. The molecule has 5 nitrogen and oxygen atoms in total. The van der Waals surface area contributed by atoms with Crippen LogP contribution in [0, 0.1) is 0 Å². The summed E-state index contributed by atoms with van der Waals surface area (Å²) in [5.41, 5.74) is 6.64. The molecule has 1 heterocycles. The topological polar surface area (TPSA) is 74.2 Å². The normalized spacial score (nSPS) is 17.2. The van der Waals surface area contributed by atoms with Crippen molar-refractivity contribution in [2.24, 2.45) is 0 Å². The van der Waals surface area contributed by atoms with Crippen LogP contribution in [0.3, 0.4) is 0 Å². The Morgan fingerprint density at radius 2 is 2.21 bits per heavy atom. The molecule has 1 aromatic carbocycles. The van der Waals surface area contributed by atoms with Gasteiger partial charge in [0, 0.05) is 12.7 Å². The van der Waals surface area contributed by atoms with E-state index in [1.54, 1.807) is 25.3 Å². The zero-order chi connectivity index (χ0) is 13.5. The molecule has 0 aliphatic heterocycles. The van der Waals surface area contributed by atoms with Crippen LogP contribution in [0.5, 0.6) is 0 Å². The lowest BCUT2D eigenvalue weighted by Crippen LogP contribution is -2.37. The molecular weight excluding hydrogens is 266 g/mol. The first-order valence-electron chi connectivity index (χ1n) is 6.09. The lowest BCUT2D eigenvalue weighted by atomic mass is 9.79. The molecule has 100 valence electrons. The van der Waals surface area contributed by atoms with Crippen molar-refractivity contribution in [2.75, 3.05) is 12.8 Å². The Bertz CT molecular complexity index is 602. The highest BCUT2D eigenvalue weighted by Crippen LogP contribution is 2.43. The van der Waals surface area contributed by atoms with Crippen LogP contribution in [-0.2, 0) is 10.3 Å². The average Bonchev–Trinajstić information content (AvgIpc) is 2.82. The van der Waals surface area contributed by atoms with Crippen molar-refractivity contribution < 1.29 is 9.26 Å². The fraction of sp³-hybridized carbons (Fsp3) is 0.385. The molecule has 1 aliphatic rings. The van der Waals surface area contributed by atoms with E-state index in [0.29, 0.717) is 22.4 Å². The minimum Gasteiger partial charge on any atom is -0.398 e. The first-order valence-corrected chi connectivity index (χ1v) is 6.47. The molecule has 1 saturated carbocycles. The number of anilines is 1. The van der Waals surface area contributed by atoms with Crippen molar-refractivity contribution >= 4 is 17.3 Å². The van der Waals surface area contributed by atoms with Crippen LogP contribution in [0.1, 0.15) is 25.1 Å². The summed E-state index contributed by atoms with van der Waals surface area (Å²) >= 11 is 5.89. The van der Waals surface area contributed by atoms with Crippen LogP contribution in [-0.4, -0.2) is 17.3 Å². The minimum atomic E-state index is -0.375. The molecule has 2 aromatic rings. The van der Waals surface area contributed by atoms with E-state index in [2.05, 4.69) is 10.1 Å². The number of nitrogen functional groups attached to an aromatic ring is 1. The van der Waals surface area contributed by atoms with Crippen molar-refractivity contribution in [3.8, 4) is 11.5 Å². The van der Waals surface area contributed by atoms with E-state index in [-0.39, 0.29) is 5.60 Å². The van der Waals surface area contributed by atoms with Gasteiger partial charge in [-0.2, -0.15) is 4.98 Å². The maximum Gasteiger partial charge on any atom is 0.258 e. The number of benzene rings is 1. The molecule has 6 heteroatoms. The van der Waals surface area contributed by atoms with Crippen LogP contribution in [0.2, 0.25) is 5.02 Å². The standard InChI is InChI=1S/C13H14ClN3O2/c1-18-13(5-2-6-13)12-16-11(19-17-12)8-3-4-9(14)10(15)7-8/h3-4,7H,2,5-6,15H2,1H3. The molecule has 1 aromatic heterocycles. The number of hydrogen-bond donors (Lipinski definition) is 1. The summed E-state index contributed by atoms with van der Waals surface area (Å²) < 4.78 is 10.8. The summed E-state index contributed by atoms with van der Waals surface area (Å²) in [6, 6.07) is 5.24. The van der Waals surface area contributed by atoms with E-state index in [4.69, 9.17) is 26.6 Å². The van der Waals surface area contributed by atoms with Gasteiger partial charge in [0.1, 0.15) is 5.60 Å². The molecule has 0 atom stereocenters. The Labute approximate surface area is 115 Å². The first-order chi connectivity index (χ1) is 9.14. The number of hydrogen-bond acceptors (Lipinski definition) is 5. The van der Waals surface area contributed by atoms with Crippen LogP contribution in [0.4, 0.5) is 5.69 Å². The average molecular weight is 280 g/mol. The Kier molecular flexibility index (Phi) is 2.95. The molecule has 0 saturated heterocycles. The number of methoxy groups -OCH3 is 1. The van der Waals surface area contributed by atoms with Crippen molar-refractivity contribution in [2.45, 2.75) is 24.9 Å². The number of ether oxygens (including phenoxy) is 1. The lowest BCUT2D eigenvalue weighted by Gasteiger charge is -2.37. The van der Waals surface area contributed by atoms with Gasteiger partial charge in [0.15, 0.2) is 0 Å². The van der Waals surface area contributed by atoms with Gasteiger partial charge in [0.2, 0.25) is 5.82 Å². The van der Waals surface area contributed by atoms with Crippen LogP contribution in [0.15, 0.2) is 22.7 Å². The Balaban J connectivity index is 1.94. The summed E-state index contributed by atoms with van der Waals surface area (Å²) in [6.07, 6.45) is 2.96. The van der Waals surface area contributed by atoms with Gasteiger partial charge in [-0.1, -0.05) is 16.8 Å². The molecule has 0 spiro atoms. The molecule has 2 N–H and O–H groups in total. The molecular formula is C13H14ClN3O2. The van der Waals surface area contributed by atoms with E-state index in [1.807, 2.05) is 0 Å². The fourth-order valence-corrected chi connectivity index (χ4v) is 2.34. The van der Waals surface area contributed by atoms with Gasteiger partial charge in [-0.05, 0) is 37.5 Å². The molecule has 0 amide bonds. The van der Waals surface area contributed by atoms with Gasteiger partial charge in [0.25, 0.3) is 5.89 Å². The molecule has 19 heavy (non-hydrogen) atoms. The van der Waals surface area contributed by atoms with E-state index in [1.165, 1.54) is 0 Å². The maximum atomic E-state index is 5.89. The number of rotatable bonds is 3. The third-order valence-corrected chi connectivity index (χ3v) is 3.97. The smallest absolute Gasteiger partial charge is 0.258 e. The van der Waals surface area contributed by atoms with Crippen molar-refractivity contribution in [3.05, 3.63) is 29.0 Å². The second-order valence-corrected chi connectivity index (χ2v) is 5.12. The molecule has 0 bridgehead atoms. The van der Waals surface area contributed by atoms with Gasteiger partial charge in [0.05, 0.1) is 10.7 Å². The molecule has 3 rings (SSSR count). The second kappa shape index (κ2) is 4.51. The summed E-state index contributed by atoms with van der Waals surface area (Å²) in [4.78, 5) is 4.41. The van der Waals surface area contributed by atoms with Gasteiger partial charge in [-0.3, -0.25) is 0 Å². The van der Waals surface area contributed by atoms with Gasteiger partial charge in [-0.25, -0.2) is 0 Å². The van der Waals surface area contributed by atoms with Gasteiger partial charge in [-0.15, -0.1) is 0 Å². The summed E-state index contributed by atoms with van der Waals surface area (Å²) in [5, 5.41) is 4.53.